The van der Waals surface area contributed by atoms with Gasteiger partial charge in [-0.2, -0.15) is 18.4 Å². The van der Waals surface area contributed by atoms with Gasteiger partial charge < -0.3 is 20.9 Å². The normalized spacial score (nSPS) is 21.6. The fourth-order valence-electron chi connectivity index (χ4n) is 4.03. The molecule has 2 aliphatic heterocycles. The summed E-state index contributed by atoms with van der Waals surface area (Å²) in [6.45, 7) is 3.64. The van der Waals surface area contributed by atoms with Crippen LogP contribution >= 0.6 is 23.5 Å². The largest absolute Gasteiger partial charge is 0.405 e. The van der Waals surface area contributed by atoms with E-state index in [0.29, 0.717) is 18.2 Å². The van der Waals surface area contributed by atoms with Crippen LogP contribution in [0.15, 0.2) is 18.2 Å². The number of aromatic nitrogens is 1. The van der Waals surface area contributed by atoms with Crippen LogP contribution in [-0.4, -0.2) is 93.7 Å². The summed E-state index contributed by atoms with van der Waals surface area (Å²) < 4.78 is 37.6. The van der Waals surface area contributed by atoms with Gasteiger partial charge in [0, 0.05) is 31.3 Å². The molecule has 0 aromatic carbocycles. The summed E-state index contributed by atoms with van der Waals surface area (Å²) >= 11 is 2.88. The second kappa shape index (κ2) is 13.4. The molecule has 4 unspecified atom stereocenters. The van der Waals surface area contributed by atoms with Gasteiger partial charge >= 0.3 is 6.18 Å². The lowest BCUT2D eigenvalue weighted by molar-refractivity contribution is -0.141. The standard InChI is InChI=1S/C23H30F3N7O3S2/c1-3-33-21(36)19(38-22(33)15(9-27)20(35)29-12-23(24,25)26)14(2)10-28-16-5-4-6-17(30-16)31-18(34)11-32-7-8-37-13-32/h4-6,14-15,19,22H,3,7-8,10-13H2,1-2H3,(H,29,35)(H2,28,30,31,34). The van der Waals surface area contributed by atoms with E-state index in [-0.39, 0.29) is 30.8 Å². The number of anilines is 2. The maximum atomic E-state index is 13.1. The summed E-state index contributed by atoms with van der Waals surface area (Å²) in [4.78, 5) is 45.5. The Balaban J connectivity index is 1.57. The van der Waals surface area contributed by atoms with Gasteiger partial charge in [0.1, 0.15) is 23.6 Å². The number of pyridine rings is 1. The van der Waals surface area contributed by atoms with Gasteiger partial charge in [-0.3, -0.25) is 19.3 Å². The van der Waals surface area contributed by atoms with E-state index in [1.165, 1.54) is 4.90 Å². The maximum Gasteiger partial charge on any atom is 0.405 e. The number of carbonyl (C=O) groups excluding carboxylic acids is 3. The number of hydrogen-bond acceptors (Lipinski definition) is 9. The molecule has 15 heteroatoms. The molecule has 0 bridgehead atoms. The molecule has 0 spiro atoms. The minimum atomic E-state index is -4.61. The van der Waals surface area contributed by atoms with Crippen molar-refractivity contribution in [3.05, 3.63) is 18.2 Å². The van der Waals surface area contributed by atoms with Crippen LogP contribution < -0.4 is 16.0 Å². The van der Waals surface area contributed by atoms with E-state index in [9.17, 15) is 32.8 Å². The topological polar surface area (TPSA) is 130 Å². The Labute approximate surface area is 227 Å². The van der Waals surface area contributed by atoms with Gasteiger partial charge in [-0.05, 0) is 25.0 Å². The maximum absolute atomic E-state index is 13.1. The number of alkyl halides is 3. The molecule has 1 aromatic rings. The van der Waals surface area contributed by atoms with Crippen molar-refractivity contribution in [2.75, 3.05) is 55.0 Å². The molecule has 3 rings (SSSR count). The van der Waals surface area contributed by atoms with Crippen molar-refractivity contribution in [2.24, 2.45) is 11.8 Å². The monoisotopic (exact) mass is 573 g/mol. The fraction of sp³-hybridized carbons (Fsp3) is 0.609. The Morgan fingerprint density at radius 3 is 2.68 bits per heavy atom. The lowest BCUT2D eigenvalue weighted by Gasteiger charge is -2.25. The first-order valence-corrected chi connectivity index (χ1v) is 14.1. The Hall–Kier alpha value is -2.70. The van der Waals surface area contributed by atoms with E-state index < -0.39 is 35.2 Å². The van der Waals surface area contributed by atoms with Gasteiger partial charge in [0.15, 0.2) is 5.92 Å². The number of nitriles is 1. The second-order valence-corrected chi connectivity index (χ2v) is 11.3. The van der Waals surface area contributed by atoms with Crippen molar-refractivity contribution in [3.63, 3.8) is 0 Å². The lowest BCUT2D eigenvalue weighted by atomic mass is 10.1. The Morgan fingerprint density at radius 2 is 2.05 bits per heavy atom. The Bertz CT molecular complexity index is 1050. The number of rotatable bonds is 11. The molecule has 2 aliphatic rings. The van der Waals surface area contributed by atoms with Crippen molar-refractivity contribution in [2.45, 2.75) is 30.6 Å². The molecule has 2 fully saturated rings. The third kappa shape index (κ3) is 8.15. The fourth-order valence-corrected chi connectivity index (χ4v) is 6.68. The van der Waals surface area contributed by atoms with E-state index in [2.05, 4.69) is 15.6 Å². The predicted octanol–water partition coefficient (Wildman–Crippen LogP) is 2.18. The number of halogens is 3. The number of hydrogen-bond donors (Lipinski definition) is 3. The highest BCUT2D eigenvalue weighted by Crippen LogP contribution is 2.39. The molecule has 0 aliphatic carbocycles. The first kappa shape index (κ1) is 29.9. The molecule has 38 heavy (non-hydrogen) atoms. The summed E-state index contributed by atoms with van der Waals surface area (Å²) in [7, 11) is 0. The van der Waals surface area contributed by atoms with Crippen molar-refractivity contribution < 1.29 is 27.6 Å². The highest BCUT2D eigenvalue weighted by molar-refractivity contribution is 8.01. The summed E-state index contributed by atoms with van der Waals surface area (Å²) in [5, 5.41) is 15.7. The van der Waals surface area contributed by atoms with Crippen LogP contribution in [0.1, 0.15) is 13.8 Å². The highest BCUT2D eigenvalue weighted by atomic mass is 32.2. The molecule has 0 saturated carbocycles. The van der Waals surface area contributed by atoms with Crippen LogP contribution in [0.5, 0.6) is 0 Å². The van der Waals surface area contributed by atoms with Crippen molar-refractivity contribution >= 4 is 52.9 Å². The summed E-state index contributed by atoms with van der Waals surface area (Å²) in [5.41, 5.74) is 0. The number of amides is 3. The average Bonchev–Trinajstić information content (AvgIpc) is 3.49. The smallest absolute Gasteiger partial charge is 0.370 e. The minimum absolute atomic E-state index is 0.157. The van der Waals surface area contributed by atoms with E-state index in [0.717, 1.165) is 29.9 Å². The van der Waals surface area contributed by atoms with Gasteiger partial charge in [0.05, 0.1) is 17.9 Å². The molecule has 3 heterocycles. The van der Waals surface area contributed by atoms with Crippen LogP contribution in [0.3, 0.4) is 0 Å². The molecule has 208 valence electrons. The zero-order valence-electron chi connectivity index (χ0n) is 21.0. The van der Waals surface area contributed by atoms with Gasteiger partial charge in [-0.1, -0.05) is 13.0 Å². The lowest BCUT2D eigenvalue weighted by Crippen LogP contribution is -2.46. The van der Waals surface area contributed by atoms with Crippen LogP contribution in [0.4, 0.5) is 24.8 Å². The molecular weight excluding hydrogens is 543 g/mol. The molecule has 2 saturated heterocycles. The average molecular weight is 574 g/mol. The predicted molar refractivity (Wildman–Crippen MR) is 140 cm³/mol. The quantitative estimate of drug-likeness (QED) is 0.365. The van der Waals surface area contributed by atoms with Crippen molar-refractivity contribution in [1.29, 1.82) is 5.26 Å². The molecule has 3 amide bonds. The third-order valence-electron chi connectivity index (χ3n) is 5.96. The van der Waals surface area contributed by atoms with Gasteiger partial charge in [-0.15, -0.1) is 23.5 Å². The first-order chi connectivity index (χ1) is 18.0. The van der Waals surface area contributed by atoms with Gasteiger partial charge in [0.25, 0.3) is 0 Å². The summed E-state index contributed by atoms with van der Waals surface area (Å²) in [5.74, 6) is -0.505. The molecule has 3 N–H and O–H groups in total. The summed E-state index contributed by atoms with van der Waals surface area (Å²) in [6, 6.07) is 6.91. The summed E-state index contributed by atoms with van der Waals surface area (Å²) in [6.07, 6.45) is -4.61. The zero-order valence-corrected chi connectivity index (χ0v) is 22.6. The highest BCUT2D eigenvalue weighted by Gasteiger charge is 2.47. The van der Waals surface area contributed by atoms with E-state index in [4.69, 9.17) is 0 Å². The Morgan fingerprint density at radius 1 is 1.32 bits per heavy atom. The SMILES string of the molecule is CCN1C(=O)C(C(C)CNc2cccc(NC(=O)CN3CCSC3)n2)SC1C(C#N)C(=O)NCC(F)(F)F. The second-order valence-electron chi connectivity index (χ2n) is 8.92. The Kier molecular flexibility index (Phi) is 10.5. The van der Waals surface area contributed by atoms with Crippen LogP contribution in [0.25, 0.3) is 0 Å². The number of nitrogens with zero attached hydrogens (tertiary/aromatic N) is 4. The first-order valence-electron chi connectivity index (χ1n) is 12.0. The molecule has 10 nitrogen and oxygen atoms in total. The van der Waals surface area contributed by atoms with Crippen LogP contribution in [0, 0.1) is 23.2 Å². The van der Waals surface area contributed by atoms with Crippen molar-refractivity contribution in [3.8, 4) is 6.07 Å². The van der Waals surface area contributed by atoms with E-state index >= 15 is 0 Å². The van der Waals surface area contributed by atoms with Crippen LogP contribution in [0.2, 0.25) is 0 Å². The van der Waals surface area contributed by atoms with Gasteiger partial charge in [0.2, 0.25) is 17.7 Å². The van der Waals surface area contributed by atoms with Gasteiger partial charge in [-0.25, -0.2) is 4.98 Å². The number of nitrogens with one attached hydrogen (secondary N) is 3. The van der Waals surface area contributed by atoms with Crippen molar-refractivity contribution in [1.82, 2.24) is 20.1 Å². The minimum Gasteiger partial charge on any atom is -0.370 e. The number of thioether (sulfide) groups is 2. The van der Waals surface area contributed by atoms with E-state index in [1.807, 2.05) is 11.8 Å². The molecule has 1 aromatic heterocycles. The molecular formula is C23H30F3N7O3S2. The zero-order chi connectivity index (χ0) is 27.9. The van der Waals surface area contributed by atoms with Crippen LogP contribution in [-0.2, 0) is 14.4 Å². The number of carbonyl (C=O) groups is 3. The molecule has 0 radical (unpaired) electrons. The third-order valence-corrected chi connectivity index (χ3v) is 8.75. The van der Waals surface area contributed by atoms with E-state index in [1.54, 1.807) is 48.3 Å². The molecule has 4 atom stereocenters.